The zero-order chi connectivity index (χ0) is 18.0. The molecule has 1 saturated heterocycles. The maximum atomic E-state index is 12.6. The zero-order valence-corrected chi connectivity index (χ0v) is 14.0. The molecular formula is C16H16ClN3O5. The molecule has 9 heteroatoms. The number of non-ortho nitro benzene ring substituents is 1. The highest BCUT2D eigenvalue weighted by atomic mass is 35.5. The minimum absolute atomic E-state index is 0.00234. The molecule has 0 saturated carbocycles. The van der Waals surface area contributed by atoms with Crippen LogP contribution in [0.3, 0.4) is 0 Å². The van der Waals surface area contributed by atoms with E-state index in [2.05, 4.69) is 10.2 Å². The molecule has 2 aliphatic rings. The number of nitrogens with one attached hydrogen (secondary N) is 1. The van der Waals surface area contributed by atoms with Gasteiger partial charge in [-0.15, -0.1) is 0 Å². The van der Waals surface area contributed by atoms with E-state index >= 15 is 0 Å². The summed E-state index contributed by atoms with van der Waals surface area (Å²) in [5.74, 6) is -1.02. The van der Waals surface area contributed by atoms with Crippen molar-refractivity contribution < 1.29 is 19.2 Å². The minimum Gasteiger partial charge on any atom is -0.379 e. The summed E-state index contributed by atoms with van der Waals surface area (Å²) in [7, 11) is 0. The van der Waals surface area contributed by atoms with Crippen molar-refractivity contribution in [3.05, 3.63) is 50.2 Å². The Balaban J connectivity index is 1.76. The molecule has 3 rings (SSSR count). The first-order valence-corrected chi connectivity index (χ1v) is 8.18. The van der Waals surface area contributed by atoms with E-state index in [1.54, 1.807) is 0 Å². The predicted octanol–water partition coefficient (Wildman–Crippen LogP) is 1.35. The lowest BCUT2D eigenvalue weighted by atomic mass is 9.92. The van der Waals surface area contributed by atoms with E-state index in [0.29, 0.717) is 26.3 Å². The van der Waals surface area contributed by atoms with Gasteiger partial charge in [-0.05, 0) is 6.07 Å². The van der Waals surface area contributed by atoms with Gasteiger partial charge in [-0.3, -0.25) is 24.6 Å². The normalized spacial score (nSPS) is 18.3. The van der Waals surface area contributed by atoms with Gasteiger partial charge < -0.3 is 10.1 Å². The Morgan fingerprint density at radius 3 is 2.60 bits per heavy atom. The second-order valence-electron chi connectivity index (χ2n) is 5.72. The fourth-order valence-electron chi connectivity index (χ4n) is 2.82. The van der Waals surface area contributed by atoms with E-state index in [9.17, 15) is 19.7 Å². The molecule has 0 atom stereocenters. The molecule has 0 radical (unpaired) electrons. The maximum absolute atomic E-state index is 12.6. The van der Waals surface area contributed by atoms with Crippen LogP contribution in [0.5, 0.6) is 0 Å². The van der Waals surface area contributed by atoms with Gasteiger partial charge in [0.05, 0.1) is 18.1 Å². The number of halogens is 1. The predicted molar refractivity (Wildman–Crippen MR) is 89.9 cm³/mol. The number of ether oxygens (including phenoxy) is 1. The van der Waals surface area contributed by atoms with Crippen molar-refractivity contribution in [2.45, 2.75) is 0 Å². The van der Waals surface area contributed by atoms with Crippen LogP contribution in [0.15, 0.2) is 28.9 Å². The number of hydrogen-bond donors (Lipinski definition) is 1. The summed E-state index contributed by atoms with van der Waals surface area (Å²) in [4.78, 5) is 37.4. The molecule has 0 unspecified atom stereocenters. The number of nitro groups is 1. The molecule has 0 amide bonds. The van der Waals surface area contributed by atoms with Gasteiger partial charge in [0, 0.05) is 49.4 Å². The van der Waals surface area contributed by atoms with Gasteiger partial charge in [0.1, 0.15) is 10.7 Å². The second kappa shape index (κ2) is 7.30. The van der Waals surface area contributed by atoms with E-state index in [-0.39, 0.29) is 27.5 Å². The molecular weight excluding hydrogens is 350 g/mol. The first kappa shape index (κ1) is 17.5. The third-order valence-corrected chi connectivity index (χ3v) is 4.54. The Hall–Kier alpha value is -2.29. The number of nitro benzene ring substituents is 1. The summed E-state index contributed by atoms with van der Waals surface area (Å²) in [6.45, 7) is 4.03. The van der Waals surface area contributed by atoms with Crippen LogP contribution < -0.4 is 5.32 Å². The molecule has 0 spiro atoms. The zero-order valence-electron chi connectivity index (χ0n) is 13.3. The van der Waals surface area contributed by atoms with Gasteiger partial charge in [0.2, 0.25) is 11.6 Å². The monoisotopic (exact) mass is 365 g/mol. The van der Waals surface area contributed by atoms with Gasteiger partial charge in [-0.25, -0.2) is 0 Å². The average molecular weight is 366 g/mol. The third kappa shape index (κ3) is 3.55. The van der Waals surface area contributed by atoms with Crippen molar-refractivity contribution in [3.63, 3.8) is 0 Å². The number of carbonyl (C=O) groups excluding carboxylic acids is 2. The summed E-state index contributed by atoms with van der Waals surface area (Å²) >= 11 is 6.06. The van der Waals surface area contributed by atoms with Gasteiger partial charge in [0.15, 0.2) is 0 Å². The summed E-state index contributed by atoms with van der Waals surface area (Å²) in [5.41, 5.74) is -0.171. The molecule has 0 aromatic heterocycles. The van der Waals surface area contributed by atoms with Gasteiger partial charge in [0.25, 0.3) is 5.69 Å². The lowest BCUT2D eigenvalue weighted by Crippen LogP contribution is -2.41. The molecule has 1 fully saturated rings. The van der Waals surface area contributed by atoms with Crippen molar-refractivity contribution in [1.29, 1.82) is 0 Å². The Morgan fingerprint density at radius 1 is 1.20 bits per heavy atom. The summed E-state index contributed by atoms with van der Waals surface area (Å²) in [6.07, 6.45) is 0. The number of benzene rings is 1. The Labute approximate surface area is 148 Å². The highest BCUT2D eigenvalue weighted by molar-refractivity contribution is 6.49. The first-order valence-electron chi connectivity index (χ1n) is 7.80. The SMILES string of the molecule is O=C1C(Cl)=C(NCCN2CCOCC2)C(=O)c2cc([N+](=O)[O-])ccc21. The summed E-state index contributed by atoms with van der Waals surface area (Å²) in [6, 6.07) is 3.56. The number of nitrogens with zero attached hydrogens (tertiary/aromatic N) is 2. The molecule has 0 bridgehead atoms. The van der Waals surface area contributed by atoms with Crippen molar-refractivity contribution in [2.75, 3.05) is 39.4 Å². The largest absolute Gasteiger partial charge is 0.379 e. The van der Waals surface area contributed by atoms with Crippen molar-refractivity contribution in [1.82, 2.24) is 10.2 Å². The van der Waals surface area contributed by atoms with E-state index in [4.69, 9.17) is 16.3 Å². The number of morpholine rings is 1. The molecule has 1 heterocycles. The molecule has 1 aromatic carbocycles. The maximum Gasteiger partial charge on any atom is 0.270 e. The number of allylic oxidation sites excluding steroid dienone is 2. The van der Waals surface area contributed by atoms with Crippen LogP contribution in [-0.4, -0.2) is 60.8 Å². The fraction of sp³-hybridized carbons (Fsp3) is 0.375. The van der Waals surface area contributed by atoms with Crippen molar-refractivity contribution in [3.8, 4) is 0 Å². The summed E-state index contributed by atoms with van der Waals surface area (Å²) < 4.78 is 5.27. The molecule has 1 aromatic rings. The molecule has 8 nitrogen and oxygen atoms in total. The third-order valence-electron chi connectivity index (χ3n) is 4.18. The van der Waals surface area contributed by atoms with Gasteiger partial charge in [-0.1, -0.05) is 11.6 Å². The minimum atomic E-state index is -0.608. The first-order chi connectivity index (χ1) is 12.0. The average Bonchev–Trinajstić information content (AvgIpc) is 2.63. The summed E-state index contributed by atoms with van der Waals surface area (Å²) in [5, 5.41) is 13.6. The number of ketones is 2. The Kier molecular flexibility index (Phi) is 5.12. The number of hydrogen-bond acceptors (Lipinski definition) is 7. The van der Waals surface area contributed by atoms with Crippen molar-refractivity contribution in [2.24, 2.45) is 0 Å². The van der Waals surface area contributed by atoms with Crippen LogP contribution in [0.1, 0.15) is 20.7 Å². The number of carbonyl (C=O) groups is 2. The molecule has 1 aliphatic carbocycles. The lowest BCUT2D eigenvalue weighted by molar-refractivity contribution is -0.384. The number of Topliss-reactive ketones (excluding diaryl/α,β-unsaturated/α-hetero) is 2. The van der Waals surface area contributed by atoms with Crippen LogP contribution in [0.2, 0.25) is 0 Å². The molecule has 25 heavy (non-hydrogen) atoms. The van der Waals surface area contributed by atoms with Crippen LogP contribution in [0.25, 0.3) is 0 Å². The van der Waals surface area contributed by atoms with Crippen molar-refractivity contribution >= 4 is 28.9 Å². The lowest BCUT2D eigenvalue weighted by Gasteiger charge is -2.27. The Morgan fingerprint density at radius 2 is 1.92 bits per heavy atom. The number of rotatable bonds is 5. The molecule has 1 aliphatic heterocycles. The van der Waals surface area contributed by atoms with E-state index in [1.807, 2.05) is 0 Å². The quantitative estimate of drug-likeness (QED) is 0.620. The highest BCUT2D eigenvalue weighted by Gasteiger charge is 2.32. The fourth-order valence-corrected chi connectivity index (χ4v) is 3.07. The second-order valence-corrected chi connectivity index (χ2v) is 6.09. The van der Waals surface area contributed by atoms with Crippen LogP contribution in [-0.2, 0) is 4.74 Å². The van der Waals surface area contributed by atoms with E-state index in [0.717, 1.165) is 19.2 Å². The Bertz CT molecular complexity index is 771. The highest BCUT2D eigenvalue weighted by Crippen LogP contribution is 2.29. The van der Waals surface area contributed by atoms with E-state index in [1.165, 1.54) is 12.1 Å². The smallest absolute Gasteiger partial charge is 0.270 e. The van der Waals surface area contributed by atoms with Crippen LogP contribution in [0, 0.1) is 10.1 Å². The van der Waals surface area contributed by atoms with E-state index < -0.39 is 16.5 Å². The topological polar surface area (TPSA) is 102 Å². The standard InChI is InChI=1S/C16H16ClN3O5/c17-13-14(18-3-4-19-5-7-25-8-6-19)16(22)12-9-10(20(23)24)1-2-11(12)15(13)21/h1-2,9,18H,3-8H2. The molecule has 1 N–H and O–H groups in total. The van der Waals surface area contributed by atoms with Crippen LogP contribution >= 0.6 is 11.6 Å². The van der Waals surface area contributed by atoms with Crippen LogP contribution in [0.4, 0.5) is 5.69 Å². The number of fused-ring (bicyclic) bond motifs is 1. The van der Waals surface area contributed by atoms with Gasteiger partial charge in [-0.2, -0.15) is 0 Å². The molecule has 132 valence electrons. The van der Waals surface area contributed by atoms with Gasteiger partial charge >= 0.3 is 0 Å².